The second kappa shape index (κ2) is 3.62. The first-order valence-electron chi connectivity index (χ1n) is 3.75. The van der Waals surface area contributed by atoms with Gasteiger partial charge in [-0.25, -0.2) is 9.97 Å². The zero-order valence-electron chi connectivity index (χ0n) is 6.68. The molecule has 13 heavy (non-hydrogen) atoms. The molecule has 0 radical (unpaired) electrons. The first-order chi connectivity index (χ1) is 6.36. The highest BCUT2D eigenvalue weighted by molar-refractivity contribution is 9.10. The standard InChI is InChI=1S/C9H6BrN3/c10-9-12-6-3-8(13-9)7-1-4-11-5-2-7/h1-6H. The van der Waals surface area contributed by atoms with Crippen molar-refractivity contribution in [1.29, 1.82) is 0 Å². The van der Waals surface area contributed by atoms with Gasteiger partial charge in [0, 0.05) is 24.2 Å². The van der Waals surface area contributed by atoms with Gasteiger partial charge in [-0.1, -0.05) is 0 Å². The van der Waals surface area contributed by atoms with E-state index in [1.165, 1.54) is 0 Å². The second-order valence-corrected chi connectivity index (χ2v) is 3.16. The van der Waals surface area contributed by atoms with Gasteiger partial charge >= 0.3 is 0 Å². The molecule has 0 aliphatic carbocycles. The van der Waals surface area contributed by atoms with Gasteiger partial charge in [0.25, 0.3) is 0 Å². The molecule has 0 spiro atoms. The van der Waals surface area contributed by atoms with Crippen LogP contribution in [0.15, 0.2) is 41.5 Å². The topological polar surface area (TPSA) is 38.7 Å². The van der Waals surface area contributed by atoms with Crippen LogP contribution >= 0.6 is 15.9 Å². The second-order valence-electron chi connectivity index (χ2n) is 2.45. The van der Waals surface area contributed by atoms with E-state index in [-0.39, 0.29) is 0 Å². The molecule has 0 atom stereocenters. The molecule has 0 unspecified atom stereocenters. The Kier molecular flexibility index (Phi) is 2.31. The fourth-order valence-electron chi connectivity index (χ4n) is 1.02. The normalized spacial score (nSPS) is 9.92. The van der Waals surface area contributed by atoms with E-state index < -0.39 is 0 Å². The van der Waals surface area contributed by atoms with Crippen LogP contribution in [-0.4, -0.2) is 15.0 Å². The van der Waals surface area contributed by atoms with Crippen LogP contribution in [0, 0.1) is 0 Å². The SMILES string of the molecule is Brc1nccc(-c2ccncc2)n1. The Morgan fingerprint density at radius 3 is 2.46 bits per heavy atom. The number of halogens is 1. The third kappa shape index (κ3) is 1.89. The minimum Gasteiger partial charge on any atom is -0.265 e. The Balaban J connectivity index is 2.48. The quantitative estimate of drug-likeness (QED) is 0.713. The lowest BCUT2D eigenvalue weighted by atomic mass is 10.2. The Morgan fingerprint density at radius 1 is 1.00 bits per heavy atom. The number of hydrogen-bond donors (Lipinski definition) is 0. The Morgan fingerprint density at radius 2 is 1.77 bits per heavy atom. The summed E-state index contributed by atoms with van der Waals surface area (Å²) in [5, 5.41) is 0. The van der Waals surface area contributed by atoms with Crippen LogP contribution in [0.25, 0.3) is 11.3 Å². The third-order valence-corrected chi connectivity index (χ3v) is 1.98. The fourth-order valence-corrected chi connectivity index (χ4v) is 1.33. The number of pyridine rings is 1. The molecule has 2 heterocycles. The maximum atomic E-state index is 4.22. The summed E-state index contributed by atoms with van der Waals surface area (Å²) < 4.78 is 0.599. The predicted molar refractivity (Wildman–Crippen MR) is 53.0 cm³/mol. The van der Waals surface area contributed by atoms with Gasteiger partial charge in [0.2, 0.25) is 0 Å². The van der Waals surface area contributed by atoms with Gasteiger partial charge in [0.15, 0.2) is 4.73 Å². The Labute approximate surface area is 84.0 Å². The van der Waals surface area contributed by atoms with E-state index in [0.717, 1.165) is 11.3 Å². The molecule has 0 aliphatic rings. The van der Waals surface area contributed by atoms with E-state index in [4.69, 9.17) is 0 Å². The lowest BCUT2D eigenvalue weighted by Crippen LogP contribution is -1.86. The molecule has 0 N–H and O–H groups in total. The van der Waals surface area contributed by atoms with Gasteiger partial charge < -0.3 is 0 Å². The average Bonchev–Trinajstić information content (AvgIpc) is 2.19. The van der Waals surface area contributed by atoms with Crippen molar-refractivity contribution in [1.82, 2.24) is 15.0 Å². The zero-order valence-corrected chi connectivity index (χ0v) is 8.27. The van der Waals surface area contributed by atoms with Crippen molar-refractivity contribution in [2.45, 2.75) is 0 Å². The molecule has 0 fully saturated rings. The smallest absolute Gasteiger partial charge is 0.197 e. The molecule has 0 aromatic carbocycles. The maximum Gasteiger partial charge on any atom is 0.197 e. The van der Waals surface area contributed by atoms with E-state index in [2.05, 4.69) is 30.9 Å². The molecule has 64 valence electrons. The van der Waals surface area contributed by atoms with Gasteiger partial charge in [-0.3, -0.25) is 4.98 Å². The van der Waals surface area contributed by atoms with Crippen molar-refractivity contribution >= 4 is 15.9 Å². The van der Waals surface area contributed by atoms with Gasteiger partial charge in [-0.05, 0) is 34.1 Å². The molecule has 0 aliphatic heterocycles. The molecule has 2 aromatic heterocycles. The highest BCUT2D eigenvalue weighted by Gasteiger charge is 1.98. The predicted octanol–water partition coefficient (Wildman–Crippen LogP) is 2.30. The lowest BCUT2D eigenvalue weighted by molar-refractivity contribution is 1.11. The van der Waals surface area contributed by atoms with E-state index in [9.17, 15) is 0 Å². The minimum atomic E-state index is 0.599. The first-order valence-corrected chi connectivity index (χ1v) is 4.54. The highest BCUT2D eigenvalue weighted by atomic mass is 79.9. The van der Waals surface area contributed by atoms with Crippen molar-refractivity contribution in [2.75, 3.05) is 0 Å². The van der Waals surface area contributed by atoms with E-state index >= 15 is 0 Å². The van der Waals surface area contributed by atoms with Crippen LogP contribution in [0.4, 0.5) is 0 Å². The van der Waals surface area contributed by atoms with Crippen LogP contribution in [0.5, 0.6) is 0 Å². The highest BCUT2D eigenvalue weighted by Crippen LogP contribution is 2.15. The number of aromatic nitrogens is 3. The summed E-state index contributed by atoms with van der Waals surface area (Å²) in [6.07, 6.45) is 5.20. The van der Waals surface area contributed by atoms with Crippen LogP contribution < -0.4 is 0 Å². The van der Waals surface area contributed by atoms with Crippen molar-refractivity contribution < 1.29 is 0 Å². The molecule has 2 rings (SSSR count). The van der Waals surface area contributed by atoms with Crippen molar-refractivity contribution in [3.63, 3.8) is 0 Å². The molecule has 0 saturated carbocycles. The molecular weight excluding hydrogens is 230 g/mol. The molecule has 0 saturated heterocycles. The average molecular weight is 236 g/mol. The van der Waals surface area contributed by atoms with Crippen molar-refractivity contribution in [2.24, 2.45) is 0 Å². The first kappa shape index (κ1) is 8.31. The number of nitrogens with zero attached hydrogens (tertiary/aromatic N) is 3. The van der Waals surface area contributed by atoms with Gasteiger partial charge in [-0.15, -0.1) is 0 Å². The monoisotopic (exact) mass is 235 g/mol. The van der Waals surface area contributed by atoms with E-state index in [0.29, 0.717) is 4.73 Å². The number of hydrogen-bond acceptors (Lipinski definition) is 3. The fraction of sp³-hybridized carbons (Fsp3) is 0. The summed E-state index contributed by atoms with van der Waals surface area (Å²) in [6, 6.07) is 5.68. The van der Waals surface area contributed by atoms with Crippen LogP contribution in [0.1, 0.15) is 0 Å². The molecular formula is C9H6BrN3. The summed E-state index contributed by atoms with van der Waals surface area (Å²) in [6.45, 7) is 0. The lowest BCUT2D eigenvalue weighted by Gasteiger charge is -1.98. The Hall–Kier alpha value is -1.29. The summed E-state index contributed by atoms with van der Waals surface area (Å²) in [4.78, 5) is 12.1. The molecule has 4 heteroatoms. The maximum absolute atomic E-state index is 4.22. The van der Waals surface area contributed by atoms with Gasteiger partial charge in [-0.2, -0.15) is 0 Å². The number of rotatable bonds is 1. The summed E-state index contributed by atoms with van der Waals surface area (Å²) >= 11 is 3.22. The molecule has 2 aromatic rings. The van der Waals surface area contributed by atoms with Crippen LogP contribution in [-0.2, 0) is 0 Å². The van der Waals surface area contributed by atoms with Crippen LogP contribution in [0.3, 0.4) is 0 Å². The third-order valence-electron chi connectivity index (χ3n) is 1.60. The minimum absolute atomic E-state index is 0.599. The molecule has 3 nitrogen and oxygen atoms in total. The summed E-state index contributed by atoms with van der Waals surface area (Å²) in [5.74, 6) is 0. The Bertz CT molecular complexity index is 403. The molecule has 0 bridgehead atoms. The zero-order chi connectivity index (χ0) is 9.10. The van der Waals surface area contributed by atoms with Crippen LogP contribution in [0.2, 0.25) is 0 Å². The summed E-state index contributed by atoms with van der Waals surface area (Å²) in [5.41, 5.74) is 1.93. The largest absolute Gasteiger partial charge is 0.265 e. The van der Waals surface area contributed by atoms with Gasteiger partial charge in [0.05, 0.1) is 5.69 Å². The van der Waals surface area contributed by atoms with E-state index in [1.54, 1.807) is 18.6 Å². The summed E-state index contributed by atoms with van der Waals surface area (Å²) in [7, 11) is 0. The molecule has 0 amide bonds. The van der Waals surface area contributed by atoms with Crippen molar-refractivity contribution in [3.8, 4) is 11.3 Å². The van der Waals surface area contributed by atoms with Gasteiger partial charge in [0.1, 0.15) is 0 Å². The van der Waals surface area contributed by atoms with E-state index in [1.807, 2.05) is 18.2 Å². The van der Waals surface area contributed by atoms with Crippen molar-refractivity contribution in [3.05, 3.63) is 41.5 Å².